The van der Waals surface area contributed by atoms with E-state index in [-0.39, 0.29) is 11.5 Å². The fourth-order valence-electron chi connectivity index (χ4n) is 3.70. The SMILES string of the molecule is COC(C)(C)CN1CCC(CNC(=O)c2cc(Cl)c(N)c3cccnc23)CC1. The first-order valence-electron chi connectivity index (χ1n) is 9.69. The number of piperidine rings is 1. The van der Waals surface area contributed by atoms with Gasteiger partial charge in [0.2, 0.25) is 0 Å². The van der Waals surface area contributed by atoms with E-state index in [9.17, 15) is 4.79 Å². The van der Waals surface area contributed by atoms with Crippen molar-refractivity contribution in [2.45, 2.75) is 32.3 Å². The number of hydrogen-bond acceptors (Lipinski definition) is 5. The molecular formula is C21H29ClN4O2. The van der Waals surface area contributed by atoms with Gasteiger partial charge in [0.25, 0.3) is 5.91 Å². The minimum absolute atomic E-state index is 0.135. The van der Waals surface area contributed by atoms with E-state index in [4.69, 9.17) is 22.1 Å². The third-order valence-electron chi connectivity index (χ3n) is 5.54. The fourth-order valence-corrected chi connectivity index (χ4v) is 3.91. The second-order valence-electron chi connectivity index (χ2n) is 8.11. The highest BCUT2D eigenvalue weighted by Gasteiger charge is 2.26. The maximum atomic E-state index is 12.8. The molecule has 1 fully saturated rings. The molecule has 2 heterocycles. The number of pyridine rings is 1. The normalized spacial score (nSPS) is 16.4. The molecule has 28 heavy (non-hydrogen) atoms. The molecule has 0 atom stereocenters. The maximum absolute atomic E-state index is 12.8. The molecule has 0 saturated carbocycles. The van der Waals surface area contributed by atoms with Gasteiger partial charge in [-0.2, -0.15) is 0 Å². The van der Waals surface area contributed by atoms with E-state index < -0.39 is 0 Å². The van der Waals surface area contributed by atoms with Gasteiger partial charge in [0.15, 0.2) is 0 Å². The minimum Gasteiger partial charge on any atom is -0.397 e. The van der Waals surface area contributed by atoms with Crippen molar-refractivity contribution in [3.05, 3.63) is 35.0 Å². The summed E-state index contributed by atoms with van der Waals surface area (Å²) in [7, 11) is 1.75. The van der Waals surface area contributed by atoms with Crippen LogP contribution in [-0.2, 0) is 4.74 Å². The molecule has 0 radical (unpaired) electrons. The number of nitrogens with zero attached hydrogens (tertiary/aromatic N) is 2. The lowest BCUT2D eigenvalue weighted by Gasteiger charge is -2.36. The molecule has 0 aliphatic carbocycles. The number of nitrogens with one attached hydrogen (secondary N) is 1. The smallest absolute Gasteiger partial charge is 0.253 e. The van der Waals surface area contributed by atoms with Crippen molar-refractivity contribution in [1.82, 2.24) is 15.2 Å². The lowest BCUT2D eigenvalue weighted by Crippen LogP contribution is -2.45. The standard InChI is InChI=1S/C21H29ClN4O2/c1-21(2,28-3)13-26-9-6-14(7-10-26)12-25-20(27)16-11-17(22)18(23)15-5-4-8-24-19(15)16/h4-5,8,11,14H,6-7,9-10,12-13,23H2,1-3H3,(H,25,27). The van der Waals surface area contributed by atoms with Gasteiger partial charge in [-0.25, -0.2) is 0 Å². The number of likely N-dealkylation sites (tertiary alicyclic amines) is 1. The quantitative estimate of drug-likeness (QED) is 0.722. The van der Waals surface area contributed by atoms with Crippen LogP contribution < -0.4 is 11.1 Å². The summed E-state index contributed by atoms with van der Waals surface area (Å²) in [5.41, 5.74) is 7.39. The molecule has 0 bridgehead atoms. The monoisotopic (exact) mass is 404 g/mol. The number of halogens is 1. The number of carbonyl (C=O) groups is 1. The van der Waals surface area contributed by atoms with Crippen LogP contribution in [0, 0.1) is 5.92 Å². The van der Waals surface area contributed by atoms with Gasteiger partial charge < -0.3 is 20.7 Å². The van der Waals surface area contributed by atoms with Crippen LogP contribution in [0.15, 0.2) is 24.4 Å². The van der Waals surface area contributed by atoms with Crippen LogP contribution in [0.4, 0.5) is 5.69 Å². The van der Waals surface area contributed by atoms with E-state index in [1.54, 1.807) is 25.4 Å². The summed E-state index contributed by atoms with van der Waals surface area (Å²) in [6.45, 7) is 7.82. The summed E-state index contributed by atoms with van der Waals surface area (Å²) in [6, 6.07) is 5.23. The first-order valence-corrected chi connectivity index (χ1v) is 10.1. The molecule has 3 N–H and O–H groups in total. The number of methoxy groups -OCH3 is 1. The van der Waals surface area contributed by atoms with Crippen LogP contribution >= 0.6 is 11.6 Å². The number of hydrogen-bond donors (Lipinski definition) is 2. The number of rotatable bonds is 6. The summed E-state index contributed by atoms with van der Waals surface area (Å²) in [4.78, 5) is 19.5. The summed E-state index contributed by atoms with van der Waals surface area (Å²) < 4.78 is 5.52. The summed E-state index contributed by atoms with van der Waals surface area (Å²) in [5, 5.41) is 4.14. The second kappa shape index (κ2) is 8.64. The molecule has 2 aromatic rings. The zero-order valence-electron chi connectivity index (χ0n) is 16.8. The van der Waals surface area contributed by atoms with Crippen molar-refractivity contribution in [2.75, 3.05) is 39.0 Å². The number of carbonyl (C=O) groups excluding carboxylic acids is 1. The van der Waals surface area contributed by atoms with Crippen LogP contribution in [0.1, 0.15) is 37.0 Å². The van der Waals surface area contributed by atoms with Crippen LogP contribution in [0.5, 0.6) is 0 Å². The van der Waals surface area contributed by atoms with Gasteiger partial charge in [-0.15, -0.1) is 0 Å². The van der Waals surface area contributed by atoms with E-state index in [1.165, 1.54) is 0 Å². The van der Waals surface area contributed by atoms with Crippen LogP contribution in [-0.4, -0.2) is 54.7 Å². The molecule has 0 unspecified atom stereocenters. The van der Waals surface area contributed by atoms with Gasteiger partial charge in [-0.05, 0) is 63.9 Å². The van der Waals surface area contributed by atoms with Gasteiger partial charge in [-0.3, -0.25) is 9.78 Å². The second-order valence-corrected chi connectivity index (χ2v) is 8.52. The third kappa shape index (κ3) is 4.74. The third-order valence-corrected chi connectivity index (χ3v) is 5.85. The van der Waals surface area contributed by atoms with Crippen molar-refractivity contribution in [3.8, 4) is 0 Å². The Bertz CT molecular complexity index is 848. The van der Waals surface area contributed by atoms with Crippen LogP contribution in [0.3, 0.4) is 0 Å². The number of benzene rings is 1. The van der Waals surface area contributed by atoms with E-state index in [1.807, 2.05) is 6.07 Å². The van der Waals surface area contributed by atoms with Crippen molar-refractivity contribution in [2.24, 2.45) is 5.92 Å². The Morgan fingerprint density at radius 2 is 2.14 bits per heavy atom. The minimum atomic E-state index is -0.159. The summed E-state index contributed by atoms with van der Waals surface area (Å²) in [6.07, 6.45) is 3.77. The number of anilines is 1. The lowest BCUT2D eigenvalue weighted by atomic mass is 9.95. The highest BCUT2D eigenvalue weighted by Crippen LogP contribution is 2.30. The van der Waals surface area contributed by atoms with Gasteiger partial charge in [0.05, 0.1) is 27.4 Å². The number of ether oxygens (including phenoxy) is 1. The Morgan fingerprint density at radius 3 is 2.82 bits per heavy atom. The number of aromatic nitrogens is 1. The number of nitrogen functional groups attached to an aromatic ring is 1. The predicted octanol–water partition coefficient (Wildman–Crippen LogP) is 3.34. The topological polar surface area (TPSA) is 80.5 Å². The molecule has 1 aromatic heterocycles. The molecule has 1 saturated heterocycles. The highest BCUT2D eigenvalue weighted by molar-refractivity contribution is 6.35. The molecule has 0 spiro atoms. The van der Waals surface area contributed by atoms with Crippen molar-refractivity contribution in [1.29, 1.82) is 0 Å². The first-order chi connectivity index (χ1) is 13.3. The average Bonchev–Trinajstić information content (AvgIpc) is 2.69. The molecule has 1 aliphatic rings. The summed E-state index contributed by atoms with van der Waals surface area (Å²) >= 11 is 6.22. The number of fused-ring (bicyclic) bond motifs is 1. The van der Waals surface area contributed by atoms with Gasteiger partial charge in [-0.1, -0.05) is 11.6 Å². The highest BCUT2D eigenvalue weighted by atomic mass is 35.5. The largest absolute Gasteiger partial charge is 0.397 e. The zero-order valence-corrected chi connectivity index (χ0v) is 17.6. The molecule has 1 aromatic carbocycles. The Labute approximate surface area is 171 Å². The number of amides is 1. The summed E-state index contributed by atoms with van der Waals surface area (Å²) in [5.74, 6) is 0.308. The first kappa shape index (κ1) is 20.8. The Balaban J connectivity index is 1.59. The van der Waals surface area contributed by atoms with Gasteiger partial charge in [0.1, 0.15) is 0 Å². The van der Waals surface area contributed by atoms with E-state index in [0.29, 0.717) is 39.6 Å². The van der Waals surface area contributed by atoms with Gasteiger partial charge >= 0.3 is 0 Å². The molecular weight excluding hydrogens is 376 g/mol. The molecule has 7 heteroatoms. The van der Waals surface area contributed by atoms with E-state index >= 15 is 0 Å². The molecule has 1 amide bonds. The van der Waals surface area contributed by atoms with E-state index in [0.717, 1.165) is 32.5 Å². The molecule has 1 aliphatic heterocycles. The Kier molecular flexibility index (Phi) is 6.43. The molecule has 6 nitrogen and oxygen atoms in total. The van der Waals surface area contributed by atoms with Crippen molar-refractivity contribution >= 4 is 34.1 Å². The average molecular weight is 405 g/mol. The number of nitrogens with two attached hydrogens (primary N) is 1. The van der Waals surface area contributed by atoms with Crippen molar-refractivity contribution in [3.63, 3.8) is 0 Å². The molecule has 152 valence electrons. The fraction of sp³-hybridized carbons (Fsp3) is 0.524. The zero-order chi connectivity index (χ0) is 20.3. The van der Waals surface area contributed by atoms with Gasteiger partial charge in [0, 0.05) is 31.8 Å². The maximum Gasteiger partial charge on any atom is 0.253 e. The Morgan fingerprint density at radius 1 is 1.43 bits per heavy atom. The van der Waals surface area contributed by atoms with E-state index in [2.05, 4.69) is 29.0 Å². The Hall–Kier alpha value is -1.89. The van der Waals surface area contributed by atoms with Crippen LogP contribution in [0.2, 0.25) is 5.02 Å². The molecule has 3 rings (SSSR count). The lowest BCUT2D eigenvalue weighted by molar-refractivity contribution is -0.0145. The predicted molar refractivity (Wildman–Crippen MR) is 114 cm³/mol. The van der Waals surface area contributed by atoms with Crippen LogP contribution in [0.25, 0.3) is 10.9 Å². The van der Waals surface area contributed by atoms with Crippen molar-refractivity contribution < 1.29 is 9.53 Å².